The minimum Gasteiger partial charge on any atom is -0.375 e. The van der Waals surface area contributed by atoms with Gasteiger partial charge < -0.3 is 14.6 Å². The number of aryl methyl sites for hydroxylation is 1. The molecule has 1 aromatic carbocycles. The number of hydrogen-bond donors (Lipinski definition) is 1. The van der Waals surface area contributed by atoms with Gasteiger partial charge in [0.15, 0.2) is 0 Å². The molecule has 0 saturated carbocycles. The molecule has 2 atom stereocenters. The maximum atomic E-state index is 5.70. The summed E-state index contributed by atoms with van der Waals surface area (Å²) in [5.74, 6) is 1.00. The van der Waals surface area contributed by atoms with Crippen molar-refractivity contribution < 1.29 is 4.74 Å². The number of rotatable bonds is 6. The van der Waals surface area contributed by atoms with E-state index >= 15 is 0 Å². The number of benzene rings is 1. The molecule has 0 aliphatic rings. The molecule has 102 valence electrons. The summed E-state index contributed by atoms with van der Waals surface area (Å²) in [6.07, 6.45) is 3.78. The summed E-state index contributed by atoms with van der Waals surface area (Å²) < 4.78 is 7.83. The molecule has 0 aliphatic carbocycles. The highest BCUT2D eigenvalue weighted by Gasteiger charge is 2.26. The van der Waals surface area contributed by atoms with Gasteiger partial charge >= 0.3 is 0 Å². The van der Waals surface area contributed by atoms with E-state index in [1.165, 1.54) is 0 Å². The number of aromatic nitrogens is 2. The van der Waals surface area contributed by atoms with Crippen molar-refractivity contribution in [3.05, 3.63) is 54.1 Å². The van der Waals surface area contributed by atoms with E-state index < -0.39 is 0 Å². The van der Waals surface area contributed by atoms with Crippen LogP contribution in [0.2, 0.25) is 0 Å². The van der Waals surface area contributed by atoms with Gasteiger partial charge in [-0.2, -0.15) is 0 Å². The molecule has 1 N–H and O–H groups in total. The zero-order chi connectivity index (χ0) is 13.7. The third-order valence-corrected chi connectivity index (χ3v) is 3.36. The molecule has 1 aromatic heterocycles. The van der Waals surface area contributed by atoms with E-state index in [0.717, 1.165) is 17.9 Å². The van der Waals surface area contributed by atoms with Gasteiger partial charge in [0, 0.05) is 26.0 Å². The largest absolute Gasteiger partial charge is 0.375 e. The van der Waals surface area contributed by atoms with Gasteiger partial charge in [-0.15, -0.1) is 0 Å². The molecular weight excluding hydrogens is 238 g/mol. The molecule has 19 heavy (non-hydrogen) atoms. The average Bonchev–Trinajstić information content (AvgIpc) is 2.93. The van der Waals surface area contributed by atoms with Crippen LogP contribution in [0.15, 0.2) is 42.7 Å². The summed E-state index contributed by atoms with van der Waals surface area (Å²) in [6, 6.07) is 10.3. The Bertz CT molecular complexity index is 495. The minimum absolute atomic E-state index is 0.0300. The normalized spacial score (nSPS) is 14.3. The van der Waals surface area contributed by atoms with Crippen molar-refractivity contribution in [3.8, 4) is 0 Å². The zero-order valence-corrected chi connectivity index (χ0v) is 11.7. The lowest BCUT2D eigenvalue weighted by Crippen LogP contribution is -2.28. The third-order valence-electron chi connectivity index (χ3n) is 3.36. The molecule has 4 nitrogen and oxygen atoms in total. The lowest BCUT2D eigenvalue weighted by Gasteiger charge is -2.26. The monoisotopic (exact) mass is 259 g/mol. The number of ether oxygens (including phenoxy) is 1. The summed E-state index contributed by atoms with van der Waals surface area (Å²) >= 11 is 0. The molecule has 0 radical (unpaired) electrons. The van der Waals surface area contributed by atoms with E-state index in [2.05, 4.69) is 33.9 Å². The van der Waals surface area contributed by atoms with Crippen LogP contribution in [0, 0.1) is 0 Å². The Labute approximate surface area is 114 Å². The van der Waals surface area contributed by atoms with E-state index in [4.69, 9.17) is 4.74 Å². The predicted molar refractivity (Wildman–Crippen MR) is 75.9 cm³/mol. The fraction of sp³-hybridized carbons (Fsp3) is 0.400. The molecule has 0 fully saturated rings. The Morgan fingerprint density at radius 3 is 2.63 bits per heavy atom. The van der Waals surface area contributed by atoms with Crippen molar-refractivity contribution in [1.82, 2.24) is 14.9 Å². The lowest BCUT2D eigenvalue weighted by molar-refractivity contribution is 0.0662. The fourth-order valence-corrected chi connectivity index (χ4v) is 2.39. The highest BCUT2D eigenvalue weighted by atomic mass is 16.5. The SMILES string of the molecule is CCn1ccnc1C(NC)C(OC)c1ccccc1. The second-order valence-electron chi connectivity index (χ2n) is 4.40. The molecular formula is C15H21N3O. The van der Waals surface area contributed by atoms with E-state index in [1.54, 1.807) is 7.11 Å². The van der Waals surface area contributed by atoms with Gasteiger partial charge in [-0.3, -0.25) is 0 Å². The van der Waals surface area contributed by atoms with Crippen molar-refractivity contribution in [3.63, 3.8) is 0 Å². The van der Waals surface area contributed by atoms with Crippen LogP contribution in [0.5, 0.6) is 0 Å². The van der Waals surface area contributed by atoms with E-state index in [0.29, 0.717) is 0 Å². The number of hydrogen-bond acceptors (Lipinski definition) is 3. The van der Waals surface area contributed by atoms with Gasteiger partial charge in [-0.05, 0) is 19.5 Å². The summed E-state index contributed by atoms with van der Waals surface area (Å²) in [5, 5.41) is 3.32. The molecule has 0 amide bonds. The topological polar surface area (TPSA) is 39.1 Å². The van der Waals surface area contributed by atoms with Crippen LogP contribution in [0.25, 0.3) is 0 Å². The van der Waals surface area contributed by atoms with Gasteiger partial charge in [0.05, 0.1) is 6.04 Å². The fourth-order valence-electron chi connectivity index (χ4n) is 2.39. The summed E-state index contributed by atoms with van der Waals surface area (Å²) in [4.78, 5) is 4.47. The number of likely N-dealkylation sites (N-methyl/N-ethyl adjacent to an activating group) is 1. The molecule has 0 saturated heterocycles. The Hall–Kier alpha value is -1.65. The van der Waals surface area contributed by atoms with Crippen LogP contribution in [0.1, 0.15) is 30.5 Å². The number of methoxy groups -OCH3 is 1. The van der Waals surface area contributed by atoms with Gasteiger partial charge in [0.2, 0.25) is 0 Å². The van der Waals surface area contributed by atoms with E-state index in [9.17, 15) is 0 Å². The first kappa shape index (κ1) is 13.8. The molecule has 2 rings (SSSR count). The standard InChI is InChI=1S/C15H21N3O/c1-4-18-11-10-17-15(18)13(16-2)14(19-3)12-8-6-5-7-9-12/h5-11,13-14,16H,4H2,1-3H3. The van der Waals surface area contributed by atoms with E-state index in [1.807, 2.05) is 37.6 Å². The highest BCUT2D eigenvalue weighted by molar-refractivity contribution is 5.21. The van der Waals surface area contributed by atoms with Gasteiger partial charge in [0.1, 0.15) is 11.9 Å². The van der Waals surface area contributed by atoms with Gasteiger partial charge in [-0.25, -0.2) is 4.98 Å². The molecule has 0 aliphatic heterocycles. The van der Waals surface area contributed by atoms with Crippen LogP contribution >= 0.6 is 0 Å². The molecule has 0 bridgehead atoms. The quantitative estimate of drug-likeness (QED) is 0.866. The molecule has 1 heterocycles. The minimum atomic E-state index is -0.0566. The number of imidazole rings is 1. The first-order valence-corrected chi connectivity index (χ1v) is 6.57. The zero-order valence-electron chi connectivity index (χ0n) is 11.7. The van der Waals surface area contributed by atoms with Crippen LogP contribution in [-0.2, 0) is 11.3 Å². The lowest BCUT2D eigenvalue weighted by atomic mass is 10.0. The second kappa shape index (κ2) is 6.50. The van der Waals surface area contributed by atoms with Crippen LogP contribution < -0.4 is 5.32 Å². The Kier molecular flexibility index (Phi) is 4.71. The summed E-state index contributed by atoms with van der Waals surface area (Å²) in [6.45, 7) is 3.01. The number of nitrogens with one attached hydrogen (secondary N) is 1. The van der Waals surface area contributed by atoms with Crippen molar-refractivity contribution in [2.24, 2.45) is 0 Å². The van der Waals surface area contributed by atoms with E-state index in [-0.39, 0.29) is 12.1 Å². The Morgan fingerprint density at radius 1 is 1.32 bits per heavy atom. The van der Waals surface area contributed by atoms with Crippen molar-refractivity contribution in [1.29, 1.82) is 0 Å². The second-order valence-corrected chi connectivity index (χ2v) is 4.40. The Balaban J connectivity index is 2.34. The van der Waals surface area contributed by atoms with Gasteiger partial charge in [-0.1, -0.05) is 30.3 Å². The highest BCUT2D eigenvalue weighted by Crippen LogP contribution is 2.30. The first-order chi connectivity index (χ1) is 9.31. The molecule has 2 unspecified atom stereocenters. The third kappa shape index (κ3) is 2.85. The maximum Gasteiger partial charge on any atom is 0.128 e. The van der Waals surface area contributed by atoms with Crippen molar-refractivity contribution in [2.45, 2.75) is 25.6 Å². The van der Waals surface area contributed by atoms with Crippen LogP contribution in [0.3, 0.4) is 0 Å². The van der Waals surface area contributed by atoms with Crippen molar-refractivity contribution >= 4 is 0 Å². The van der Waals surface area contributed by atoms with Gasteiger partial charge in [0.25, 0.3) is 0 Å². The molecule has 0 spiro atoms. The number of nitrogens with zero attached hydrogens (tertiary/aromatic N) is 2. The summed E-state index contributed by atoms with van der Waals surface area (Å²) in [5.41, 5.74) is 1.15. The van der Waals surface area contributed by atoms with Crippen LogP contribution in [-0.4, -0.2) is 23.7 Å². The smallest absolute Gasteiger partial charge is 0.128 e. The summed E-state index contributed by atoms with van der Waals surface area (Å²) in [7, 11) is 3.68. The average molecular weight is 259 g/mol. The molecule has 2 aromatic rings. The van der Waals surface area contributed by atoms with Crippen LogP contribution in [0.4, 0.5) is 0 Å². The Morgan fingerprint density at radius 2 is 2.05 bits per heavy atom. The first-order valence-electron chi connectivity index (χ1n) is 6.57. The molecule has 4 heteroatoms. The van der Waals surface area contributed by atoms with Crippen molar-refractivity contribution in [2.75, 3.05) is 14.2 Å². The predicted octanol–water partition coefficient (Wildman–Crippen LogP) is 2.55. The maximum absolute atomic E-state index is 5.70.